The van der Waals surface area contributed by atoms with Crippen LogP contribution in [0.25, 0.3) is 0 Å². The average Bonchev–Trinajstić information content (AvgIpc) is 2.77. The highest BCUT2D eigenvalue weighted by molar-refractivity contribution is 6.31. The lowest BCUT2D eigenvalue weighted by Crippen LogP contribution is -2.62. The molecular weight excluding hydrogens is 310 g/mol. The van der Waals surface area contributed by atoms with Crippen LogP contribution in [0, 0.1) is 0 Å². The van der Waals surface area contributed by atoms with Crippen LogP contribution in [0.1, 0.15) is 24.5 Å². The van der Waals surface area contributed by atoms with E-state index in [1.54, 1.807) is 7.11 Å². The third kappa shape index (κ3) is 1.42. The Bertz CT molecular complexity index is 799. The van der Waals surface area contributed by atoms with Gasteiger partial charge in [0.2, 0.25) is 0 Å². The third-order valence-electron chi connectivity index (χ3n) is 6.36. The van der Waals surface area contributed by atoms with Crippen LogP contribution >= 0.6 is 11.6 Å². The molecule has 3 atom stereocenters. The number of halogens is 1. The summed E-state index contributed by atoms with van der Waals surface area (Å²) in [7, 11) is 3.93. The molecule has 1 saturated heterocycles. The molecule has 1 fully saturated rings. The second-order valence-corrected chi connectivity index (χ2v) is 7.76. The molecule has 23 heavy (non-hydrogen) atoms. The first-order chi connectivity index (χ1) is 11.0. The topological polar surface area (TPSA) is 21.7 Å². The van der Waals surface area contributed by atoms with E-state index in [1.807, 2.05) is 6.07 Å². The van der Waals surface area contributed by atoms with E-state index in [1.165, 1.54) is 16.7 Å². The van der Waals surface area contributed by atoms with Gasteiger partial charge >= 0.3 is 0 Å². The summed E-state index contributed by atoms with van der Waals surface area (Å²) in [5, 5.41) is 0.786. The van der Waals surface area contributed by atoms with Gasteiger partial charge in [0.15, 0.2) is 11.5 Å². The lowest BCUT2D eigenvalue weighted by molar-refractivity contribution is 0.0496. The maximum absolute atomic E-state index is 6.55. The quantitative estimate of drug-likeness (QED) is 0.788. The molecule has 1 spiro atoms. The molecule has 3 nitrogen and oxygen atoms in total. The Morgan fingerprint density at radius 3 is 3.00 bits per heavy atom. The number of likely N-dealkylation sites (N-methyl/N-ethyl adjacent to an activating group) is 1. The van der Waals surface area contributed by atoms with Gasteiger partial charge in [0.1, 0.15) is 5.60 Å². The van der Waals surface area contributed by atoms with Gasteiger partial charge < -0.3 is 9.47 Å². The van der Waals surface area contributed by atoms with Crippen LogP contribution < -0.4 is 9.47 Å². The van der Waals surface area contributed by atoms with Crippen molar-refractivity contribution in [3.05, 3.63) is 46.0 Å². The Hall–Kier alpha value is -1.45. The van der Waals surface area contributed by atoms with E-state index in [0.717, 1.165) is 35.9 Å². The van der Waals surface area contributed by atoms with Crippen LogP contribution in [0.2, 0.25) is 0 Å². The van der Waals surface area contributed by atoms with Crippen molar-refractivity contribution in [2.75, 3.05) is 20.7 Å². The van der Waals surface area contributed by atoms with Crippen molar-refractivity contribution in [2.45, 2.75) is 36.8 Å². The fourth-order valence-electron chi connectivity index (χ4n) is 5.32. The minimum absolute atomic E-state index is 0.0972. The van der Waals surface area contributed by atoms with E-state index in [0.29, 0.717) is 6.04 Å². The summed E-state index contributed by atoms with van der Waals surface area (Å²) in [5.74, 6) is 1.75. The fraction of sp³-hybridized carbons (Fsp3) is 0.474. The highest BCUT2D eigenvalue weighted by Gasteiger charge is 2.65. The number of piperidine rings is 1. The number of likely N-dealkylation sites (tertiary alicyclic amines) is 1. The Kier molecular flexibility index (Phi) is 2.51. The molecule has 0 amide bonds. The van der Waals surface area contributed by atoms with Gasteiger partial charge in [0.05, 0.1) is 12.5 Å². The maximum atomic E-state index is 6.55. The van der Waals surface area contributed by atoms with Gasteiger partial charge in [-0.3, -0.25) is 4.90 Å². The largest absolute Gasteiger partial charge is 0.493 e. The average molecular weight is 330 g/mol. The van der Waals surface area contributed by atoms with Crippen molar-refractivity contribution < 1.29 is 9.47 Å². The molecule has 0 saturated carbocycles. The standard InChI is InChI=1S/C19H20ClNO2/c1-18-10-12(20)9-13-14-8-11-4-5-15(22-3)17(23-18)16(11)19(13,18)6-7-21(14)2/h4-5,9-10,14H,6-8H2,1-3H3/t14-,18-,19+/m1/s1. The van der Waals surface area contributed by atoms with Gasteiger partial charge in [0.25, 0.3) is 0 Å². The number of rotatable bonds is 1. The summed E-state index contributed by atoms with van der Waals surface area (Å²) >= 11 is 6.49. The van der Waals surface area contributed by atoms with E-state index < -0.39 is 5.60 Å². The zero-order valence-corrected chi connectivity index (χ0v) is 14.4. The molecule has 0 radical (unpaired) electrons. The number of benzene rings is 1. The summed E-state index contributed by atoms with van der Waals surface area (Å²) in [6, 6.07) is 4.67. The van der Waals surface area contributed by atoms with Gasteiger partial charge in [-0.15, -0.1) is 0 Å². The number of hydrogen-bond acceptors (Lipinski definition) is 3. The van der Waals surface area contributed by atoms with E-state index in [-0.39, 0.29) is 5.41 Å². The van der Waals surface area contributed by atoms with E-state index in [2.05, 4.69) is 37.1 Å². The van der Waals surface area contributed by atoms with E-state index in [4.69, 9.17) is 21.1 Å². The van der Waals surface area contributed by atoms with Crippen molar-refractivity contribution in [1.29, 1.82) is 0 Å². The minimum Gasteiger partial charge on any atom is -0.493 e. The number of ether oxygens (including phenoxy) is 2. The fourth-order valence-corrected chi connectivity index (χ4v) is 5.65. The third-order valence-corrected chi connectivity index (χ3v) is 6.58. The molecule has 120 valence electrons. The Morgan fingerprint density at radius 1 is 1.39 bits per heavy atom. The Morgan fingerprint density at radius 2 is 2.22 bits per heavy atom. The van der Waals surface area contributed by atoms with Gasteiger partial charge in [0, 0.05) is 16.6 Å². The van der Waals surface area contributed by atoms with Crippen molar-refractivity contribution in [3.8, 4) is 11.5 Å². The molecule has 5 rings (SSSR count). The van der Waals surface area contributed by atoms with Crippen molar-refractivity contribution in [2.24, 2.45) is 0 Å². The zero-order chi connectivity index (χ0) is 16.0. The predicted molar refractivity (Wildman–Crippen MR) is 90.5 cm³/mol. The van der Waals surface area contributed by atoms with Gasteiger partial charge in [-0.2, -0.15) is 0 Å². The first-order valence-electron chi connectivity index (χ1n) is 8.20. The Labute approximate surface area is 141 Å². The molecule has 4 heteroatoms. The SMILES string of the molecule is COc1ccc2c3c1O[C@]1(C)C=C(Cl)C=C4[C@@H](C2)N(C)CC[C@]431. The van der Waals surface area contributed by atoms with Crippen LogP contribution in [-0.2, 0) is 11.8 Å². The second kappa shape index (κ2) is 4.14. The molecule has 1 aromatic rings. The van der Waals surface area contributed by atoms with Crippen LogP contribution in [0.4, 0.5) is 0 Å². The molecule has 2 aliphatic carbocycles. The number of methoxy groups -OCH3 is 1. The molecule has 2 aliphatic heterocycles. The summed E-state index contributed by atoms with van der Waals surface area (Å²) in [6.07, 6.45) is 6.34. The Balaban J connectivity index is 1.89. The molecule has 4 aliphatic rings. The van der Waals surface area contributed by atoms with Gasteiger partial charge in [-0.25, -0.2) is 0 Å². The van der Waals surface area contributed by atoms with E-state index >= 15 is 0 Å². The molecule has 2 bridgehead atoms. The second-order valence-electron chi connectivity index (χ2n) is 7.32. The highest BCUT2D eigenvalue weighted by atomic mass is 35.5. The van der Waals surface area contributed by atoms with Gasteiger partial charge in [-0.05, 0) is 62.7 Å². The van der Waals surface area contributed by atoms with Crippen LogP contribution in [0.3, 0.4) is 0 Å². The molecule has 0 unspecified atom stereocenters. The summed E-state index contributed by atoms with van der Waals surface area (Å²) in [6.45, 7) is 3.25. The number of hydrogen-bond donors (Lipinski definition) is 0. The summed E-state index contributed by atoms with van der Waals surface area (Å²) in [4.78, 5) is 2.46. The number of nitrogens with zero attached hydrogens (tertiary/aromatic N) is 1. The molecular formula is C19H20ClNO2. The summed E-state index contributed by atoms with van der Waals surface area (Å²) in [5.41, 5.74) is 3.63. The van der Waals surface area contributed by atoms with Gasteiger partial charge in [-0.1, -0.05) is 17.7 Å². The summed E-state index contributed by atoms with van der Waals surface area (Å²) < 4.78 is 12.1. The monoisotopic (exact) mass is 329 g/mol. The minimum atomic E-state index is -0.431. The van der Waals surface area contributed by atoms with Crippen molar-refractivity contribution >= 4 is 11.6 Å². The molecule has 2 heterocycles. The van der Waals surface area contributed by atoms with Crippen molar-refractivity contribution in [1.82, 2.24) is 4.90 Å². The smallest absolute Gasteiger partial charge is 0.167 e. The lowest BCUT2D eigenvalue weighted by atomic mass is 9.53. The molecule has 1 aromatic carbocycles. The van der Waals surface area contributed by atoms with Crippen LogP contribution in [-0.4, -0.2) is 37.2 Å². The first-order valence-corrected chi connectivity index (χ1v) is 8.58. The molecule has 0 aromatic heterocycles. The van der Waals surface area contributed by atoms with Crippen molar-refractivity contribution in [3.63, 3.8) is 0 Å². The lowest BCUT2D eigenvalue weighted by Gasteiger charge is -2.55. The zero-order valence-electron chi connectivity index (χ0n) is 13.6. The first kappa shape index (κ1) is 13.9. The highest BCUT2D eigenvalue weighted by Crippen LogP contribution is 2.65. The molecule has 0 N–H and O–H groups in total. The number of allylic oxidation sites excluding steroid dienone is 2. The van der Waals surface area contributed by atoms with E-state index in [9.17, 15) is 0 Å². The maximum Gasteiger partial charge on any atom is 0.167 e. The van der Waals surface area contributed by atoms with Crippen LogP contribution in [0.5, 0.6) is 11.5 Å². The normalized spacial score (nSPS) is 36.8. The van der Waals surface area contributed by atoms with Crippen LogP contribution in [0.15, 0.2) is 34.9 Å². The predicted octanol–water partition coefficient (Wildman–Crippen LogP) is 3.41.